The molecule has 1 fully saturated rings. The zero-order valence-electron chi connectivity index (χ0n) is 4.26. The van der Waals surface area contributed by atoms with Crippen molar-refractivity contribution in [3.05, 3.63) is 0 Å². The number of carbonyl (C=O) groups excluding carboxylic acids is 1. The summed E-state index contributed by atoms with van der Waals surface area (Å²) in [5.74, 6) is 0. The van der Waals surface area contributed by atoms with E-state index in [9.17, 15) is 4.79 Å². The lowest BCUT2D eigenvalue weighted by Crippen LogP contribution is -2.24. The molecule has 1 nitrogen and oxygen atoms in total. The van der Waals surface area contributed by atoms with E-state index in [0.717, 1.165) is 18.0 Å². The van der Waals surface area contributed by atoms with Crippen LogP contribution in [0.25, 0.3) is 0 Å². The first-order chi connectivity index (χ1) is 3.33. The molecule has 0 radical (unpaired) electrons. The monoisotopic (exact) mass is 116 g/mol. The van der Waals surface area contributed by atoms with Crippen LogP contribution in [-0.4, -0.2) is 16.8 Å². The molecule has 0 amide bonds. The van der Waals surface area contributed by atoms with E-state index >= 15 is 0 Å². The third kappa shape index (κ3) is 0.969. The van der Waals surface area contributed by atoms with Crippen LogP contribution in [0.2, 0.25) is 0 Å². The second kappa shape index (κ2) is 1.86. The normalized spacial score (nSPS) is 39.6. The molecule has 1 saturated heterocycles. The Morgan fingerprint density at radius 2 is 2.43 bits per heavy atom. The average Bonchev–Trinajstić information content (AvgIpc) is 1.58. The highest BCUT2D eigenvalue weighted by molar-refractivity contribution is 8.02. The van der Waals surface area contributed by atoms with E-state index in [4.69, 9.17) is 0 Å². The Morgan fingerprint density at radius 1 is 1.86 bits per heavy atom. The summed E-state index contributed by atoms with van der Waals surface area (Å²) < 4.78 is 0. The van der Waals surface area contributed by atoms with Crippen LogP contribution in [0.5, 0.6) is 0 Å². The van der Waals surface area contributed by atoms with Gasteiger partial charge in [-0.05, 0) is 6.42 Å². The fraction of sp³-hybridized carbons (Fsp3) is 0.800. The first kappa shape index (κ1) is 5.16. The van der Waals surface area contributed by atoms with Gasteiger partial charge in [0.15, 0.2) is 0 Å². The standard InChI is InChI=1S/C5H8OS/c1-4-2-5(3-6)7-4/h3-5H,2H2,1H3. The highest BCUT2D eigenvalue weighted by Gasteiger charge is 2.24. The van der Waals surface area contributed by atoms with Gasteiger partial charge in [0.2, 0.25) is 0 Å². The summed E-state index contributed by atoms with van der Waals surface area (Å²) in [6.07, 6.45) is 2.12. The van der Waals surface area contributed by atoms with Crippen molar-refractivity contribution in [2.24, 2.45) is 0 Å². The summed E-state index contributed by atoms with van der Waals surface area (Å²) in [6.45, 7) is 2.14. The maximum atomic E-state index is 9.91. The zero-order chi connectivity index (χ0) is 5.28. The van der Waals surface area contributed by atoms with Gasteiger partial charge >= 0.3 is 0 Å². The lowest BCUT2D eigenvalue weighted by Gasteiger charge is -2.26. The molecule has 0 aromatic heterocycles. The topological polar surface area (TPSA) is 17.1 Å². The Morgan fingerprint density at radius 3 is 2.57 bits per heavy atom. The predicted molar refractivity (Wildman–Crippen MR) is 31.5 cm³/mol. The van der Waals surface area contributed by atoms with Crippen LogP contribution in [0.4, 0.5) is 0 Å². The van der Waals surface area contributed by atoms with E-state index in [2.05, 4.69) is 6.92 Å². The maximum absolute atomic E-state index is 9.91. The predicted octanol–water partition coefficient (Wildman–Crippen LogP) is 1.08. The van der Waals surface area contributed by atoms with E-state index in [0.29, 0.717) is 5.25 Å². The molecule has 0 N–H and O–H groups in total. The average molecular weight is 116 g/mol. The third-order valence-electron chi connectivity index (χ3n) is 1.12. The summed E-state index contributed by atoms with van der Waals surface area (Å²) in [5, 5.41) is 1.06. The van der Waals surface area contributed by atoms with E-state index in [1.54, 1.807) is 11.8 Å². The van der Waals surface area contributed by atoms with Crippen LogP contribution in [-0.2, 0) is 4.79 Å². The molecule has 0 spiro atoms. The van der Waals surface area contributed by atoms with Gasteiger partial charge in [0.25, 0.3) is 0 Å². The zero-order valence-corrected chi connectivity index (χ0v) is 5.07. The number of carbonyl (C=O) groups is 1. The lowest BCUT2D eigenvalue weighted by molar-refractivity contribution is -0.107. The minimum Gasteiger partial charge on any atom is -0.302 e. The van der Waals surface area contributed by atoms with Crippen molar-refractivity contribution in [2.45, 2.75) is 23.8 Å². The molecule has 2 unspecified atom stereocenters. The fourth-order valence-electron chi connectivity index (χ4n) is 0.702. The van der Waals surface area contributed by atoms with E-state index in [1.165, 1.54) is 0 Å². The van der Waals surface area contributed by atoms with E-state index in [-0.39, 0.29) is 0 Å². The van der Waals surface area contributed by atoms with Gasteiger partial charge in [-0.3, -0.25) is 0 Å². The van der Waals surface area contributed by atoms with Crippen LogP contribution in [0.1, 0.15) is 13.3 Å². The minimum atomic E-state index is 0.329. The van der Waals surface area contributed by atoms with Gasteiger partial charge in [-0.25, -0.2) is 0 Å². The van der Waals surface area contributed by atoms with Crippen LogP contribution in [0, 0.1) is 0 Å². The number of hydrogen-bond donors (Lipinski definition) is 0. The van der Waals surface area contributed by atoms with Gasteiger partial charge in [-0.1, -0.05) is 6.92 Å². The molecule has 1 aliphatic rings. The van der Waals surface area contributed by atoms with Gasteiger partial charge < -0.3 is 4.79 Å². The second-order valence-electron chi connectivity index (χ2n) is 1.86. The van der Waals surface area contributed by atoms with Crippen LogP contribution in [0.3, 0.4) is 0 Å². The number of thioether (sulfide) groups is 1. The van der Waals surface area contributed by atoms with Gasteiger partial charge in [0, 0.05) is 5.25 Å². The molecular formula is C5H8OS. The smallest absolute Gasteiger partial charge is 0.133 e. The summed E-state index contributed by atoms with van der Waals surface area (Å²) in [7, 11) is 0. The molecule has 0 aromatic rings. The number of hydrogen-bond acceptors (Lipinski definition) is 2. The SMILES string of the molecule is CC1CC(C=O)S1. The number of aldehydes is 1. The van der Waals surface area contributed by atoms with Crippen molar-refractivity contribution < 1.29 is 4.79 Å². The molecule has 2 heteroatoms. The molecule has 1 heterocycles. The molecular weight excluding hydrogens is 108 g/mol. The molecule has 40 valence electrons. The Balaban J connectivity index is 2.17. The maximum Gasteiger partial charge on any atom is 0.133 e. The molecule has 0 aliphatic carbocycles. The molecule has 7 heavy (non-hydrogen) atoms. The van der Waals surface area contributed by atoms with Crippen LogP contribution < -0.4 is 0 Å². The highest BCUT2D eigenvalue weighted by Crippen LogP contribution is 2.33. The molecule has 0 aromatic carbocycles. The molecule has 1 aliphatic heterocycles. The van der Waals surface area contributed by atoms with Gasteiger partial charge in [0.05, 0.1) is 5.25 Å². The number of rotatable bonds is 1. The first-order valence-corrected chi connectivity index (χ1v) is 3.38. The third-order valence-corrected chi connectivity index (χ3v) is 2.43. The first-order valence-electron chi connectivity index (χ1n) is 2.43. The Labute approximate surface area is 47.5 Å². The van der Waals surface area contributed by atoms with Crippen LogP contribution >= 0.6 is 11.8 Å². The Hall–Kier alpha value is 0.0200. The highest BCUT2D eigenvalue weighted by atomic mass is 32.2. The second-order valence-corrected chi connectivity index (χ2v) is 3.54. The summed E-state index contributed by atoms with van der Waals surface area (Å²) in [4.78, 5) is 9.91. The Bertz CT molecular complexity index is 76.1. The Kier molecular flexibility index (Phi) is 1.38. The van der Waals surface area contributed by atoms with Crippen molar-refractivity contribution in [3.8, 4) is 0 Å². The lowest BCUT2D eigenvalue weighted by atomic mass is 10.2. The summed E-state index contributed by atoms with van der Waals surface area (Å²) in [6, 6.07) is 0. The van der Waals surface area contributed by atoms with Crippen molar-refractivity contribution >= 4 is 18.0 Å². The van der Waals surface area contributed by atoms with E-state index < -0.39 is 0 Å². The van der Waals surface area contributed by atoms with Crippen LogP contribution in [0.15, 0.2) is 0 Å². The minimum absolute atomic E-state index is 0.329. The van der Waals surface area contributed by atoms with E-state index in [1.807, 2.05) is 0 Å². The largest absolute Gasteiger partial charge is 0.302 e. The quantitative estimate of drug-likeness (QED) is 0.477. The van der Waals surface area contributed by atoms with Crippen molar-refractivity contribution in [1.82, 2.24) is 0 Å². The van der Waals surface area contributed by atoms with Gasteiger partial charge in [0.1, 0.15) is 6.29 Å². The fourth-order valence-corrected chi connectivity index (χ4v) is 1.72. The van der Waals surface area contributed by atoms with Gasteiger partial charge in [-0.15, -0.1) is 11.8 Å². The van der Waals surface area contributed by atoms with Gasteiger partial charge in [-0.2, -0.15) is 0 Å². The summed E-state index contributed by atoms with van der Waals surface area (Å²) >= 11 is 1.76. The van der Waals surface area contributed by atoms with Crippen molar-refractivity contribution in [2.75, 3.05) is 0 Å². The molecule has 2 atom stereocenters. The summed E-state index contributed by atoms with van der Waals surface area (Å²) in [5.41, 5.74) is 0. The molecule has 1 rings (SSSR count). The molecule has 0 bridgehead atoms. The van der Waals surface area contributed by atoms with Crippen molar-refractivity contribution in [3.63, 3.8) is 0 Å². The van der Waals surface area contributed by atoms with Crippen molar-refractivity contribution in [1.29, 1.82) is 0 Å². The molecule has 0 saturated carbocycles.